The van der Waals surface area contributed by atoms with Gasteiger partial charge >= 0.3 is 0 Å². The minimum Gasteiger partial charge on any atom is -0.312 e. The van der Waals surface area contributed by atoms with Gasteiger partial charge in [0.1, 0.15) is 0 Å². The molecule has 3 heteroatoms. The monoisotopic (exact) mass is 247 g/mol. The second kappa shape index (κ2) is 6.86. The predicted molar refractivity (Wildman–Crippen MR) is 75.4 cm³/mol. The molecule has 0 bridgehead atoms. The third-order valence-electron chi connectivity index (χ3n) is 3.94. The molecule has 2 heterocycles. The Morgan fingerprint density at radius 2 is 2.33 bits per heavy atom. The lowest BCUT2D eigenvalue weighted by molar-refractivity contribution is 0.190. The molecule has 1 aromatic heterocycles. The highest BCUT2D eigenvalue weighted by molar-refractivity contribution is 5.03. The van der Waals surface area contributed by atoms with E-state index in [1.54, 1.807) is 0 Å². The van der Waals surface area contributed by atoms with E-state index in [0.717, 1.165) is 25.6 Å². The van der Waals surface area contributed by atoms with Crippen LogP contribution in [0.25, 0.3) is 0 Å². The Morgan fingerprint density at radius 1 is 1.44 bits per heavy atom. The van der Waals surface area contributed by atoms with Crippen molar-refractivity contribution in [3.63, 3.8) is 0 Å². The molecule has 2 rings (SSSR count). The van der Waals surface area contributed by atoms with Crippen LogP contribution in [0, 0.1) is 5.92 Å². The number of aromatic nitrogens is 1. The van der Waals surface area contributed by atoms with Gasteiger partial charge in [-0.2, -0.15) is 0 Å². The number of hydrogen-bond donors (Lipinski definition) is 1. The summed E-state index contributed by atoms with van der Waals surface area (Å²) >= 11 is 0. The molecule has 0 aromatic carbocycles. The van der Waals surface area contributed by atoms with Gasteiger partial charge in [0, 0.05) is 25.3 Å². The van der Waals surface area contributed by atoms with Gasteiger partial charge in [-0.15, -0.1) is 0 Å². The fourth-order valence-electron chi connectivity index (χ4n) is 2.66. The van der Waals surface area contributed by atoms with E-state index in [9.17, 15) is 0 Å². The smallest absolute Gasteiger partial charge is 0.0543 e. The quantitative estimate of drug-likeness (QED) is 0.865. The largest absolute Gasteiger partial charge is 0.312 e. The van der Waals surface area contributed by atoms with E-state index in [-0.39, 0.29) is 0 Å². The van der Waals surface area contributed by atoms with Crippen LogP contribution in [0.4, 0.5) is 0 Å². The first-order valence-electron chi connectivity index (χ1n) is 7.15. The fraction of sp³-hybridized carbons (Fsp3) is 0.667. The molecule has 0 amide bonds. The molecule has 1 aliphatic heterocycles. The maximum atomic E-state index is 4.42. The standard InChI is InChI=1S/C15H25N3/c1-3-18(11-14-8-4-5-9-16-14)12-15-13(2)7-6-10-17-15/h4-5,8-9,13,15,17H,3,6-7,10-12H2,1-2H3. The molecule has 18 heavy (non-hydrogen) atoms. The Hall–Kier alpha value is -0.930. The molecule has 1 saturated heterocycles. The van der Waals surface area contributed by atoms with Gasteiger partial charge in [0.05, 0.1) is 5.69 Å². The van der Waals surface area contributed by atoms with Gasteiger partial charge in [0.2, 0.25) is 0 Å². The number of hydrogen-bond acceptors (Lipinski definition) is 3. The number of pyridine rings is 1. The molecule has 0 radical (unpaired) electrons. The van der Waals surface area contributed by atoms with Crippen molar-refractivity contribution in [3.8, 4) is 0 Å². The molecule has 2 atom stereocenters. The summed E-state index contributed by atoms with van der Waals surface area (Å²) < 4.78 is 0. The summed E-state index contributed by atoms with van der Waals surface area (Å²) in [6, 6.07) is 6.80. The van der Waals surface area contributed by atoms with Crippen molar-refractivity contribution in [1.29, 1.82) is 0 Å². The molecular formula is C15H25N3. The summed E-state index contributed by atoms with van der Waals surface area (Å²) in [5, 5.41) is 3.66. The van der Waals surface area contributed by atoms with Crippen molar-refractivity contribution in [2.24, 2.45) is 5.92 Å². The normalized spacial score (nSPS) is 24.4. The van der Waals surface area contributed by atoms with E-state index in [0.29, 0.717) is 6.04 Å². The van der Waals surface area contributed by atoms with Crippen molar-refractivity contribution in [2.45, 2.75) is 39.3 Å². The highest BCUT2D eigenvalue weighted by Gasteiger charge is 2.22. The van der Waals surface area contributed by atoms with Crippen LogP contribution >= 0.6 is 0 Å². The molecule has 0 spiro atoms. The minimum absolute atomic E-state index is 0.641. The maximum absolute atomic E-state index is 4.42. The van der Waals surface area contributed by atoms with Crippen LogP contribution in [-0.2, 0) is 6.54 Å². The summed E-state index contributed by atoms with van der Waals surface area (Å²) in [7, 11) is 0. The second-order valence-electron chi connectivity index (χ2n) is 5.33. The Kier molecular flexibility index (Phi) is 5.14. The number of nitrogens with one attached hydrogen (secondary N) is 1. The third-order valence-corrected chi connectivity index (χ3v) is 3.94. The van der Waals surface area contributed by atoms with Crippen LogP contribution in [0.15, 0.2) is 24.4 Å². The van der Waals surface area contributed by atoms with E-state index in [4.69, 9.17) is 0 Å². The van der Waals surface area contributed by atoms with Crippen LogP contribution in [0.5, 0.6) is 0 Å². The number of nitrogens with zero attached hydrogens (tertiary/aromatic N) is 2. The molecule has 1 fully saturated rings. The van der Waals surface area contributed by atoms with Crippen molar-refractivity contribution < 1.29 is 0 Å². The zero-order chi connectivity index (χ0) is 12.8. The van der Waals surface area contributed by atoms with Gasteiger partial charge < -0.3 is 5.32 Å². The molecule has 2 unspecified atom stereocenters. The Morgan fingerprint density at radius 3 is 3.00 bits per heavy atom. The predicted octanol–water partition coefficient (Wildman–Crippen LogP) is 2.29. The average molecular weight is 247 g/mol. The lowest BCUT2D eigenvalue weighted by Crippen LogP contribution is -2.47. The first-order valence-corrected chi connectivity index (χ1v) is 7.15. The highest BCUT2D eigenvalue weighted by Crippen LogP contribution is 2.17. The highest BCUT2D eigenvalue weighted by atomic mass is 15.2. The SMILES string of the molecule is CCN(Cc1ccccn1)CC1NCCCC1C. The topological polar surface area (TPSA) is 28.2 Å². The molecule has 1 aromatic rings. The Labute approximate surface area is 111 Å². The lowest BCUT2D eigenvalue weighted by Gasteiger charge is -2.34. The molecule has 0 aliphatic carbocycles. The minimum atomic E-state index is 0.641. The average Bonchev–Trinajstić information content (AvgIpc) is 2.41. The van der Waals surface area contributed by atoms with Crippen molar-refractivity contribution in [1.82, 2.24) is 15.2 Å². The van der Waals surface area contributed by atoms with Crippen molar-refractivity contribution in [3.05, 3.63) is 30.1 Å². The summed E-state index contributed by atoms with van der Waals surface area (Å²) in [5.74, 6) is 0.788. The molecule has 1 N–H and O–H groups in total. The van der Waals surface area contributed by atoms with Gasteiger partial charge in [-0.25, -0.2) is 0 Å². The van der Waals surface area contributed by atoms with Gasteiger partial charge in [-0.1, -0.05) is 19.9 Å². The number of piperidine rings is 1. The van der Waals surface area contributed by atoms with E-state index < -0.39 is 0 Å². The van der Waals surface area contributed by atoms with Crippen LogP contribution in [0.3, 0.4) is 0 Å². The third kappa shape index (κ3) is 3.79. The van der Waals surface area contributed by atoms with Crippen molar-refractivity contribution >= 4 is 0 Å². The summed E-state index contributed by atoms with van der Waals surface area (Å²) in [6.45, 7) is 8.95. The molecule has 100 valence electrons. The van der Waals surface area contributed by atoms with Crippen LogP contribution < -0.4 is 5.32 Å². The second-order valence-corrected chi connectivity index (χ2v) is 5.33. The Bertz CT molecular complexity index is 339. The van der Waals surface area contributed by atoms with Gasteiger partial charge in [0.25, 0.3) is 0 Å². The van der Waals surface area contributed by atoms with Gasteiger partial charge in [-0.3, -0.25) is 9.88 Å². The lowest BCUT2D eigenvalue weighted by atomic mass is 9.92. The number of rotatable bonds is 5. The number of likely N-dealkylation sites (N-methyl/N-ethyl adjacent to an activating group) is 1. The summed E-state index contributed by atoms with van der Waals surface area (Å²) in [6.07, 6.45) is 4.56. The molecule has 0 saturated carbocycles. The van der Waals surface area contributed by atoms with E-state index in [2.05, 4.69) is 41.2 Å². The Balaban J connectivity index is 1.88. The van der Waals surface area contributed by atoms with Crippen LogP contribution in [0.2, 0.25) is 0 Å². The maximum Gasteiger partial charge on any atom is 0.0543 e. The van der Waals surface area contributed by atoms with Crippen LogP contribution in [0.1, 0.15) is 32.4 Å². The zero-order valence-corrected chi connectivity index (χ0v) is 11.6. The molecule has 3 nitrogen and oxygen atoms in total. The fourth-order valence-corrected chi connectivity index (χ4v) is 2.66. The van der Waals surface area contributed by atoms with E-state index in [1.165, 1.54) is 25.1 Å². The molecule has 1 aliphatic rings. The van der Waals surface area contributed by atoms with Crippen LogP contribution in [-0.4, -0.2) is 35.6 Å². The van der Waals surface area contributed by atoms with E-state index in [1.807, 2.05) is 12.3 Å². The zero-order valence-electron chi connectivity index (χ0n) is 11.6. The summed E-state index contributed by atoms with van der Waals surface area (Å²) in [5.41, 5.74) is 1.17. The van der Waals surface area contributed by atoms with Crippen molar-refractivity contribution in [2.75, 3.05) is 19.6 Å². The van der Waals surface area contributed by atoms with E-state index >= 15 is 0 Å². The summed E-state index contributed by atoms with van der Waals surface area (Å²) in [4.78, 5) is 6.90. The molecular weight excluding hydrogens is 222 g/mol. The van der Waals surface area contributed by atoms with Gasteiger partial charge in [-0.05, 0) is 44.0 Å². The van der Waals surface area contributed by atoms with Gasteiger partial charge in [0.15, 0.2) is 0 Å². The first kappa shape index (κ1) is 13.5. The first-order chi connectivity index (χ1) is 8.79.